The topological polar surface area (TPSA) is 23.8 Å². The average Bonchev–Trinajstić information content (AvgIpc) is 2.33. The molecule has 2 rings (SSSR count). The van der Waals surface area contributed by atoms with Crippen molar-refractivity contribution in [3.05, 3.63) is 58.7 Å². The summed E-state index contributed by atoms with van der Waals surface area (Å²) < 4.78 is 0. The zero-order valence-electron chi connectivity index (χ0n) is 9.70. The SMILES string of the molecule is Cc1cccc(C2C=CC(C#N)=CC2)c1C. The first-order valence-electron chi connectivity index (χ1n) is 5.57. The summed E-state index contributed by atoms with van der Waals surface area (Å²) in [7, 11) is 0. The monoisotopic (exact) mass is 209 g/mol. The Hall–Kier alpha value is -1.81. The molecule has 0 spiro atoms. The standard InChI is InChI=1S/C15H15N/c1-11-4-3-5-15(12(11)2)14-8-6-13(10-16)7-9-14/h3-8,14H,9H2,1-2H3. The van der Waals surface area contributed by atoms with Crippen LogP contribution >= 0.6 is 0 Å². The van der Waals surface area contributed by atoms with E-state index in [1.165, 1.54) is 16.7 Å². The van der Waals surface area contributed by atoms with Gasteiger partial charge in [-0.25, -0.2) is 0 Å². The quantitative estimate of drug-likeness (QED) is 0.690. The first kappa shape index (κ1) is 10.7. The molecule has 1 nitrogen and oxygen atoms in total. The van der Waals surface area contributed by atoms with Gasteiger partial charge in [-0.2, -0.15) is 5.26 Å². The molecule has 1 aliphatic rings. The normalized spacial score (nSPS) is 19.1. The predicted molar refractivity (Wildman–Crippen MR) is 66.1 cm³/mol. The Labute approximate surface area is 96.7 Å². The molecule has 16 heavy (non-hydrogen) atoms. The summed E-state index contributed by atoms with van der Waals surface area (Å²) in [6.07, 6.45) is 7.02. The van der Waals surface area contributed by atoms with Gasteiger partial charge in [0.15, 0.2) is 0 Å². The highest BCUT2D eigenvalue weighted by molar-refractivity contribution is 5.43. The van der Waals surface area contributed by atoms with Crippen LogP contribution in [0.2, 0.25) is 0 Å². The van der Waals surface area contributed by atoms with Crippen molar-refractivity contribution in [2.24, 2.45) is 0 Å². The zero-order valence-corrected chi connectivity index (χ0v) is 9.70. The fourth-order valence-electron chi connectivity index (χ4n) is 2.11. The Kier molecular flexibility index (Phi) is 2.92. The van der Waals surface area contributed by atoms with E-state index < -0.39 is 0 Å². The molecule has 1 unspecified atom stereocenters. The zero-order chi connectivity index (χ0) is 11.5. The lowest BCUT2D eigenvalue weighted by molar-refractivity contribution is 0.838. The number of rotatable bonds is 1. The van der Waals surface area contributed by atoms with E-state index in [-0.39, 0.29) is 0 Å². The van der Waals surface area contributed by atoms with E-state index in [9.17, 15) is 0 Å². The van der Waals surface area contributed by atoms with Gasteiger partial charge in [-0.05, 0) is 43.0 Å². The van der Waals surface area contributed by atoms with E-state index in [0.29, 0.717) is 5.92 Å². The highest BCUT2D eigenvalue weighted by Gasteiger charge is 2.13. The smallest absolute Gasteiger partial charge is 0.0988 e. The van der Waals surface area contributed by atoms with Gasteiger partial charge in [0.05, 0.1) is 6.07 Å². The minimum absolute atomic E-state index is 0.428. The average molecular weight is 209 g/mol. The van der Waals surface area contributed by atoms with Crippen molar-refractivity contribution in [2.75, 3.05) is 0 Å². The van der Waals surface area contributed by atoms with Crippen molar-refractivity contribution in [3.63, 3.8) is 0 Å². The lowest BCUT2D eigenvalue weighted by Gasteiger charge is -2.18. The fourth-order valence-corrected chi connectivity index (χ4v) is 2.11. The van der Waals surface area contributed by atoms with Gasteiger partial charge in [-0.1, -0.05) is 30.4 Å². The molecule has 0 N–H and O–H groups in total. The van der Waals surface area contributed by atoms with Crippen molar-refractivity contribution in [1.82, 2.24) is 0 Å². The summed E-state index contributed by atoms with van der Waals surface area (Å²) in [6, 6.07) is 8.61. The molecule has 0 bridgehead atoms. The summed E-state index contributed by atoms with van der Waals surface area (Å²) in [5.41, 5.74) is 4.86. The molecule has 0 saturated heterocycles. The van der Waals surface area contributed by atoms with Gasteiger partial charge >= 0.3 is 0 Å². The molecule has 1 atom stereocenters. The van der Waals surface area contributed by atoms with Crippen LogP contribution in [0.15, 0.2) is 42.0 Å². The van der Waals surface area contributed by atoms with Gasteiger partial charge in [0.2, 0.25) is 0 Å². The van der Waals surface area contributed by atoms with Crippen molar-refractivity contribution in [3.8, 4) is 6.07 Å². The second kappa shape index (κ2) is 4.37. The van der Waals surface area contributed by atoms with Gasteiger partial charge in [-0.3, -0.25) is 0 Å². The Bertz CT molecular complexity index is 501. The van der Waals surface area contributed by atoms with Crippen LogP contribution in [0.4, 0.5) is 0 Å². The van der Waals surface area contributed by atoms with Gasteiger partial charge in [0.25, 0.3) is 0 Å². The maximum absolute atomic E-state index is 8.78. The molecule has 1 aromatic carbocycles. The molecule has 80 valence electrons. The van der Waals surface area contributed by atoms with Crippen LogP contribution in [0, 0.1) is 25.2 Å². The minimum atomic E-state index is 0.428. The third-order valence-electron chi connectivity index (χ3n) is 3.27. The number of benzene rings is 1. The Morgan fingerprint density at radius 1 is 1.31 bits per heavy atom. The molecule has 0 aromatic heterocycles. The van der Waals surface area contributed by atoms with E-state index in [2.05, 4.69) is 44.2 Å². The van der Waals surface area contributed by atoms with Crippen molar-refractivity contribution in [1.29, 1.82) is 5.26 Å². The number of nitrogens with zero attached hydrogens (tertiary/aromatic N) is 1. The molecular formula is C15H15N. The van der Waals surface area contributed by atoms with Crippen molar-refractivity contribution >= 4 is 0 Å². The molecule has 1 heteroatoms. The number of hydrogen-bond acceptors (Lipinski definition) is 1. The van der Waals surface area contributed by atoms with E-state index in [0.717, 1.165) is 12.0 Å². The van der Waals surface area contributed by atoms with Crippen molar-refractivity contribution in [2.45, 2.75) is 26.2 Å². The second-order valence-corrected chi connectivity index (χ2v) is 4.26. The van der Waals surface area contributed by atoms with E-state index in [1.807, 2.05) is 12.2 Å². The van der Waals surface area contributed by atoms with Crippen molar-refractivity contribution < 1.29 is 0 Å². The Balaban J connectivity index is 2.29. The highest BCUT2D eigenvalue weighted by Crippen LogP contribution is 2.29. The molecular weight excluding hydrogens is 194 g/mol. The molecule has 0 amide bonds. The van der Waals surface area contributed by atoms with E-state index in [1.54, 1.807) is 0 Å². The first-order chi connectivity index (χ1) is 7.72. The molecule has 0 heterocycles. The second-order valence-electron chi connectivity index (χ2n) is 4.26. The van der Waals surface area contributed by atoms with Gasteiger partial charge in [0.1, 0.15) is 0 Å². The highest BCUT2D eigenvalue weighted by atomic mass is 14.3. The van der Waals surface area contributed by atoms with E-state index >= 15 is 0 Å². The third-order valence-corrected chi connectivity index (χ3v) is 3.27. The van der Waals surface area contributed by atoms with E-state index in [4.69, 9.17) is 5.26 Å². The lowest BCUT2D eigenvalue weighted by atomic mass is 9.86. The number of nitriles is 1. The van der Waals surface area contributed by atoms with Crippen LogP contribution in [0.25, 0.3) is 0 Å². The molecule has 0 fully saturated rings. The first-order valence-corrected chi connectivity index (χ1v) is 5.57. The predicted octanol–water partition coefficient (Wildman–Crippen LogP) is 3.80. The fraction of sp³-hybridized carbons (Fsp3) is 0.267. The summed E-state index contributed by atoms with van der Waals surface area (Å²) in [5, 5.41) is 8.78. The van der Waals surface area contributed by atoms with Crippen LogP contribution in [0.5, 0.6) is 0 Å². The number of hydrogen-bond donors (Lipinski definition) is 0. The summed E-state index contributed by atoms with van der Waals surface area (Å²) in [5.74, 6) is 0.428. The number of aryl methyl sites for hydroxylation is 1. The molecule has 0 radical (unpaired) electrons. The third kappa shape index (κ3) is 1.92. The number of allylic oxidation sites excluding steroid dienone is 4. The summed E-state index contributed by atoms with van der Waals surface area (Å²) in [4.78, 5) is 0. The Morgan fingerprint density at radius 3 is 2.75 bits per heavy atom. The molecule has 1 aliphatic carbocycles. The van der Waals surface area contributed by atoms with Gasteiger partial charge in [-0.15, -0.1) is 0 Å². The maximum Gasteiger partial charge on any atom is 0.0988 e. The summed E-state index contributed by atoms with van der Waals surface area (Å²) >= 11 is 0. The molecule has 0 aliphatic heterocycles. The maximum atomic E-state index is 8.78. The van der Waals surface area contributed by atoms with Crippen LogP contribution in [-0.2, 0) is 0 Å². The van der Waals surface area contributed by atoms with Gasteiger partial charge < -0.3 is 0 Å². The lowest BCUT2D eigenvalue weighted by Crippen LogP contribution is -2.01. The summed E-state index contributed by atoms with van der Waals surface area (Å²) in [6.45, 7) is 4.31. The van der Waals surface area contributed by atoms with Crippen LogP contribution in [0.1, 0.15) is 29.0 Å². The molecule has 0 saturated carbocycles. The molecule has 1 aromatic rings. The Morgan fingerprint density at radius 2 is 2.12 bits per heavy atom. The largest absolute Gasteiger partial charge is 0.192 e. The van der Waals surface area contributed by atoms with Gasteiger partial charge in [0, 0.05) is 11.5 Å². The van der Waals surface area contributed by atoms with Crippen LogP contribution < -0.4 is 0 Å². The van der Waals surface area contributed by atoms with Crippen LogP contribution in [0.3, 0.4) is 0 Å². The minimum Gasteiger partial charge on any atom is -0.192 e. The van der Waals surface area contributed by atoms with Crippen LogP contribution in [-0.4, -0.2) is 0 Å².